The number of hydrogen-bond donors (Lipinski definition) is 1. The first-order valence-corrected chi connectivity index (χ1v) is 10.6. The average Bonchev–Trinajstić information content (AvgIpc) is 3.42. The molecule has 174 valence electrons. The monoisotopic (exact) mass is 453 g/mol. The summed E-state index contributed by atoms with van der Waals surface area (Å²) in [6.45, 7) is 2.56. The minimum absolute atomic E-state index is 0.0341. The molecule has 1 aromatic heterocycles. The first-order valence-electron chi connectivity index (χ1n) is 10.6. The molecule has 7 nitrogen and oxygen atoms in total. The number of aromatic nitrogens is 2. The fourth-order valence-corrected chi connectivity index (χ4v) is 3.55. The lowest BCUT2D eigenvalue weighted by Crippen LogP contribution is -2.28. The van der Waals surface area contributed by atoms with Gasteiger partial charge in [-0.05, 0) is 43.9 Å². The molecule has 1 aliphatic rings. The van der Waals surface area contributed by atoms with Crippen molar-refractivity contribution in [1.29, 1.82) is 0 Å². The van der Waals surface area contributed by atoms with Crippen molar-refractivity contribution < 1.29 is 32.3 Å². The number of hydrogen-bond acceptors (Lipinski definition) is 5. The summed E-state index contributed by atoms with van der Waals surface area (Å²) in [6.07, 6.45) is 2.95. The van der Waals surface area contributed by atoms with E-state index in [2.05, 4.69) is 17.1 Å². The van der Waals surface area contributed by atoms with E-state index in [1.807, 2.05) is 12.2 Å². The zero-order valence-electron chi connectivity index (χ0n) is 17.8. The van der Waals surface area contributed by atoms with Gasteiger partial charge in [0.15, 0.2) is 0 Å². The molecule has 0 radical (unpaired) electrons. The Morgan fingerprint density at radius 2 is 2.12 bits per heavy atom. The van der Waals surface area contributed by atoms with E-state index in [1.54, 1.807) is 0 Å². The zero-order chi connectivity index (χ0) is 23.1. The van der Waals surface area contributed by atoms with Crippen molar-refractivity contribution in [3.8, 4) is 17.1 Å². The number of carboxylic acid groups (broad SMARTS) is 1. The van der Waals surface area contributed by atoms with Crippen molar-refractivity contribution in [1.82, 2.24) is 15.0 Å². The number of unbranched alkanes of at least 4 members (excludes halogenated alkanes) is 2. The highest BCUT2D eigenvalue weighted by molar-refractivity contribution is 5.66. The Morgan fingerprint density at radius 1 is 1.34 bits per heavy atom. The number of carbonyl (C=O) groups is 1. The van der Waals surface area contributed by atoms with E-state index in [-0.39, 0.29) is 29.6 Å². The van der Waals surface area contributed by atoms with Crippen LogP contribution in [-0.4, -0.2) is 39.4 Å². The average molecular weight is 453 g/mol. The molecule has 32 heavy (non-hydrogen) atoms. The highest BCUT2D eigenvalue weighted by Gasteiger charge is 2.36. The van der Waals surface area contributed by atoms with Crippen LogP contribution >= 0.6 is 0 Å². The number of rotatable bonds is 9. The number of halogens is 3. The van der Waals surface area contributed by atoms with Gasteiger partial charge < -0.3 is 14.4 Å². The largest absolute Gasteiger partial charge is 0.493 e. The second-order valence-corrected chi connectivity index (χ2v) is 7.55. The van der Waals surface area contributed by atoms with Crippen LogP contribution in [0.25, 0.3) is 11.4 Å². The molecule has 1 fully saturated rings. The number of likely N-dealkylation sites (tertiary alicyclic amines) is 1. The minimum atomic E-state index is -4.62. The summed E-state index contributed by atoms with van der Waals surface area (Å²) in [5.74, 6) is -0.225. The zero-order valence-corrected chi connectivity index (χ0v) is 17.8. The third-order valence-electron chi connectivity index (χ3n) is 5.20. The van der Waals surface area contributed by atoms with Gasteiger partial charge in [0.1, 0.15) is 11.8 Å². The summed E-state index contributed by atoms with van der Waals surface area (Å²) in [5, 5.41) is 13.0. The number of amides is 1. The van der Waals surface area contributed by atoms with E-state index in [1.165, 1.54) is 17.0 Å². The van der Waals surface area contributed by atoms with Crippen LogP contribution in [-0.2, 0) is 6.18 Å². The molecule has 1 N–H and O–H groups in total. The first kappa shape index (κ1) is 23.6. The Labute approximate surface area is 183 Å². The molecular formula is C22H26F3N3O4. The third kappa shape index (κ3) is 5.80. The van der Waals surface area contributed by atoms with E-state index in [0.717, 1.165) is 25.3 Å². The van der Waals surface area contributed by atoms with Gasteiger partial charge in [-0.15, -0.1) is 0 Å². The molecule has 2 aromatic rings. The Balaban J connectivity index is 1.74. The Morgan fingerprint density at radius 3 is 2.84 bits per heavy atom. The molecule has 0 spiro atoms. The van der Waals surface area contributed by atoms with Gasteiger partial charge in [-0.2, -0.15) is 18.2 Å². The fraction of sp³-hybridized carbons (Fsp3) is 0.500. The van der Waals surface area contributed by atoms with Crippen LogP contribution in [0.5, 0.6) is 5.75 Å². The predicted molar refractivity (Wildman–Crippen MR) is 110 cm³/mol. The van der Waals surface area contributed by atoms with Gasteiger partial charge in [0, 0.05) is 12.1 Å². The van der Waals surface area contributed by atoms with Crippen molar-refractivity contribution in [2.45, 2.75) is 57.7 Å². The maximum absolute atomic E-state index is 13.6. The maximum Gasteiger partial charge on any atom is 0.419 e. The minimum Gasteiger partial charge on any atom is -0.493 e. The van der Waals surface area contributed by atoms with Gasteiger partial charge in [-0.3, -0.25) is 4.90 Å². The van der Waals surface area contributed by atoms with Crippen molar-refractivity contribution in [2.75, 3.05) is 13.2 Å². The Hall–Kier alpha value is -3.04. The fourth-order valence-electron chi connectivity index (χ4n) is 3.55. The molecule has 1 amide bonds. The molecule has 0 bridgehead atoms. The number of benzene rings is 1. The van der Waals surface area contributed by atoms with Crippen molar-refractivity contribution in [3.05, 3.63) is 41.8 Å². The second kappa shape index (κ2) is 10.5. The molecule has 0 unspecified atom stereocenters. The number of ether oxygens (including phenoxy) is 1. The lowest BCUT2D eigenvalue weighted by Gasteiger charge is -2.17. The van der Waals surface area contributed by atoms with Crippen LogP contribution in [0.2, 0.25) is 0 Å². The van der Waals surface area contributed by atoms with Crippen LogP contribution in [0, 0.1) is 0 Å². The summed E-state index contributed by atoms with van der Waals surface area (Å²) in [5.41, 5.74) is -0.816. The molecule has 0 aliphatic carbocycles. The lowest BCUT2D eigenvalue weighted by molar-refractivity contribution is -0.138. The molecule has 1 saturated heterocycles. The van der Waals surface area contributed by atoms with Gasteiger partial charge in [0.2, 0.25) is 11.7 Å². The quantitative estimate of drug-likeness (QED) is 0.365. The van der Waals surface area contributed by atoms with Crippen molar-refractivity contribution >= 4 is 6.09 Å². The molecule has 1 atom stereocenters. The van der Waals surface area contributed by atoms with Crippen LogP contribution in [0.3, 0.4) is 0 Å². The maximum atomic E-state index is 13.6. The van der Waals surface area contributed by atoms with Crippen LogP contribution in [0.4, 0.5) is 18.0 Å². The molecule has 3 rings (SSSR count). The van der Waals surface area contributed by atoms with Gasteiger partial charge in [0.05, 0.1) is 12.2 Å². The summed E-state index contributed by atoms with van der Waals surface area (Å²) in [6, 6.07) is 3.00. The smallest absolute Gasteiger partial charge is 0.419 e. The molecule has 10 heteroatoms. The summed E-state index contributed by atoms with van der Waals surface area (Å²) in [7, 11) is 0. The number of alkyl halides is 3. The summed E-state index contributed by atoms with van der Waals surface area (Å²) >= 11 is 0. The lowest BCUT2D eigenvalue weighted by atomic mass is 10.1. The van der Waals surface area contributed by atoms with Crippen molar-refractivity contribution in [2.24, 2.45) is 0 Å². The van der Waals surface area contributed by atoms with E-state index < -0.39 is 23.9 Å². The van der Waals surface area contributed by atoms with Crippen LogP contribution in [0.1, 0.15) is 62.9 Å². The molecule has 0 saturated carbocycles. The molecule has 1 aromatic carbocycles. The van der Waals surface area contributed by atoms with Crippen molar-refractivity contribution in [3.63, 3.8) is 0 Å². The molecule has 1 aliphatic heterocycles. The van der Waals surface area contributed by atoms with E-state index in [0.29, 0.717) is 25.8 Å². The van der Waals surface area contributed by atoms with E-state index >= 15 is 0 Å². The molecule has 2 heterocycles. The van der Waals surface area contributed by atoms with Crippen LogP contribution < -0.4 is 4.74 Å². The number of nitrogens with zero attached hydrogens (tertiary/aromatic N) is 3. The summed E-state index contributed by atoms with van der Waals surface area (Å²) in [4.78, 5) is 16.7. The second-order valence-electron chi connectivity index (χ2n) is 7.55. The van der Waals surface area contributed by atoms with Gasteiger partial charge in [-0.25, -0.2) is 4.79 Å². The van der Waals surface area contributed by atoms with Gasteiger partial charge in [-0.1, -0.05) is 37.1 Å². The Bertz CT molecular complexity index is 943. The standard InChI is InChI=1S/C22H26F3N3O4/c1-2-3-4-5-6-7-13-31-18-11-10-15(14-16(18)22(23,24)25)19-26-20(32-27-19)17-9-8-12-28(17)21(29)30/h5-6,10-11,14,17H,2-4,7-9,12-13H2,1H3,(H,29,30)/b6-5-/t17-/m0/s1. The topological polar surface area (TPSA) is 88.7 Å². The third-order valence-corrected chi connectivity index (χ3v) is 5.20. The Kier molecular flexibility index (Phi) is 7.76. The first-order chi connectivity index (χ1) is 15.3. The molecular weight excluding hydrogens is 427 g/mol. The van der Waals surface area contributed by atoms with Crippen LogP contribution in [0.15, 0.2) is 34.9 Å². The number of allylic oxidation sites excluding steroid dienone is 1. The SMILES string of the molecule is CCCC/C=C\CCOc1ccc(-c2noc([C@@H]3CCCN3C(=O)O)n2)cc1C(F)(F)F. The highest BCUT2D eigenvalue weighted by atomic mass is 19.4. The van der Waals surface area contributed by atoms with E-state index in [9.17, 15) is 23.1 Å². The van der Waals surface area contributed by atoms with Gasteiger partial charge in [0.25, 0.3) is 0 Å². The normalized spacial score (nSPS) is 16.8. The highest BCUT2D eigenvalue weighted by Crippen LogP contribution is 2.39. The summed E-state index contributed by atoms with van der Waals surface area (Å²) < 4.78 is 51.4. The van der Waals surface area contributed by atoms with Gasteiger partial charge >= 0.3 is 12.3 Å². The van der Waals surface area contributed by atoms with E-state index in [4.69, 9.17) is 9.26 Å². The predicted octanol–water partition coefficient (Wildman–Crippen LogP) is 6.09.